The van der Waals surface area contributed by atoms with Gasteiger partial charge in [0, 0.05) is 30.3 Å². The molecule has 0 radical (unpaired) electrons. The summed E-state index contributed by atoms with van der Waals surface area (Å²) in [5.41, 5.74) is 3.89. The van der Waals surface area contributed by atoms with E-state index in [1.54, 1.807) is 0 Å². The minimum atomic E-state index is -0.723. The predicted molar refractivity (Wildman–Crippen MR) is 145 cm³/mol. The highest BCUT2D eigenvalue weighted by atomic mass is 16.5. The molecule has 0 spiro atoms. The summed E-state index contributed by atoms with van der Waals surface area (Å²) < 4.78 is 5.30. The lowest BCUT2D eigenvalue weighted by Crippen LogP contribution is -2.47. The van der Waals surface area contributed by atoms with Crippen LogP contribution < -0.4 is 0 Å². The van der Waals surface area contributed by atoms with Gasteiger partial charge in [0.2, 0.25) is 0 Å². The van der Waals surface area contributed by atoms with Gasteiger partial charge in [0.05, 0.1) is 12.8 Å². The number of esters is 1. The normalized spacial score (nSPS) is 12.4. The summed E-state index contributed by atoms with van der Waals surface area (Å²) in [6, 6.07) is 29.3. The number of nitrogens with zero attached hydrogens (tertiary/aromatic N) is 2. The molecule has 35 heavy (non-hydrogen) atoms. The molecule has 3 aromatic carbocycles. The Morgan fingerprint density at radius 2 is 1.34 bits per heavy atom. The Balaban J connectivity index is 2.10. The number of carbonyl (C=O) groups excluding carboxylic acids is 1. The van der Waals surface area contributed by atoms with Crippen LogP contribution in [0.4, 0.5) is 0 Å². The zero-order chi connectivity index (χ0) is 24.9. The number of benzene rings is 3. The SMILES string of the molecule is C=CCN(CC=C)C(CCc1ccccc1)[C@H](N=C(c1ccccc1)c1ccccc1)C(=O)OC. The number of hydrogen-bond acceptors (Lipinski definition) is 4. The highest BCUT2D eigenvalue weighted by Gasteiger charge is 2.33. The molecule has 4 nitrogen and oxygen atoms in total. The van der Waals surface area contributed by atoms with Crippen molar-refractivity contribution in [1.29, 1.82) is 0 Å². The van der Waals surface area contributed by atoms with Gasteiger partial charge in [0.15, 0.2) is 6.04 Å². The Labute approximate surface area is 209 Å². The van der Waals surface area contributed by atoms with E-state index in [9.17, 15) is 4.79 Å². The van der Waals surface area contributed by atoms with Gasteiger partial charge in [-0.15, -0.1) is 13.2 Å². The molecule has 0 saturated carbocycles. The van der Waals surface area contributed by atoms with E-state index >= 15 is 0 Å². The van der Waals surface area contributed by atoms with Crippen molar-refractivity contribution in [2.24, 2.45) is 4.99 Å². The molecule has 0 N–H and O–H groups in total. The van der Waals surface area contributed by atoms with Gasteiger partial charge in [-0.05, 0) is 18.4 Å². The highest BCUT2D eigenvalue weighted by Crippen LogP contribution is 2.21. The van der Waals surface area contributed by atoms with Gasteiger partial charge in [0.25, 0.3) is 0 Å². The molecule has 3 aromatic rings. The fourth-order valence-electron chi connectivity index (χ4n) is 4.24. The van der Waals surface area contributed by atoms with Crippen LogP contribution in [0, 0.1) is 0 Å². The van der Waals surface area contributed by atoms with E-state index in [-0.39, 0.29) is 12.0 Å². The molecule has 180 valence electrons. The monoisotopic (exact) mass is 466 g/mol. The minimum Gasteiger partial charge on any atom is -0.467 e. The van der Waals surface area contributed by atoms with Crippen LogP contribution in [0.3, 0.4) is 0 Å². The van der Waals surface area contributed by atoms with Crippen molar-refractivity contribution < 1.29 is 9.53 Å². The van der Waals surface area contributed by atoms with Crippen LogP contribution in [0.1, 0.15) is 23.1 Å². The second-order valence-corrected chi connectivity index (χ2v) is 8.30. The number of aryl methyl sites for hydroxylation is 1. The summed E-state index contributed by atoms with van der Waals surface area (Å²) in [5.74, 6) is -0.356. The van der Waals surface area contributed by atoms with E-state index in [2.05, 4.69) is 30.2 Å². The molecule has 0 heterocycles. The van der Waals surface area contributed by atoms with Gasteiger partial charge in [0.1, 0.15) is 0 Å². The van der Waals surface area contributed by atoms with Crippen molar-refractivity contribution in [3.63, 3.8) is 0 Å². The van der Waals surface area contributed by atoms with Gasteiger partial charge in [-0.1, -0.05) is 103 Å². The van der Waals surface area contributed by atoms with Crippen molar-refractivity contribution in [3.8, 4) is 0 Å². The Bertz CT molecular complexity index is 1040. The number of methoxy groups -OCH3 is 1. The quantitative estimate of drug-likeness (QED) is 0.183. The average molecular weight is 467 g/mol. The van der Waals surface area contributed by atoms with E-state index in [0.29, 0.717) is 13.1 Å². The van der Waals surface area contributed by atoms with E-state index in [0.717, 1.165) is 29.7 Å². The van der Waals surface area contributed by atoms with Crippen molar-refractivity contribution in [2.75, 3.05) is 20.2 Å². The van der Waals surface area contributed by atoms with Crippen LogP contribution in [0.25, 0.3) is 0 Å². The number of aliphatic imine (C=N–C) groups is 1. The fourth-order valence-corrected chi connectivity index (χ4v) is 4.24. The zero-order valence-electron chi connectivity index (χ0n) is 20.4. The molecule has 0 amide bonds. The molecule has 0 saturated heterocycles. The third kappa shape index (κ3) is 7.36. The second kappa shape index (κ2) is 13.8. The fraction of sp³-hybridized carbons (Fsp3) is 0.226. The molecule has 0 aliphatic rings. The highest BCUT2D eigenvalue weighted by molar-refractivity contribution is 6.13. The van der Waals surface area contributed by atoms with Crippen LogP contribution in [-0.4, -0.2) is 48.9 Å². The number of carbonyl (C=O) groups is 1. The topological polar surface area (TPSA) is 41.9 Å². The number of rotatable bonds is 13. The Kier molecular flexibility index (Phi) is 10.2. The molecule has 0 fully saturated rings. The summed E-state index contributed by atoms with van der Waals surface area (Å²) >= 11 is 0. The first-order chi connectivity index (χ1) is 17.2. The molecule has 3 rings (SSSR count). The number of hydrogen-bond donors (Lipinski definition) is 0. The average Bonchev–Trinajstić information content (AvgIpc) is 2.91. The van der Waals surface area contributed by atoms with E-state index < -0.39 is 6.04 Å². The Morgan fingerprint density at radius 1 is 0.857 bits per heavy atom. The Morgan fingerprint density at radius 3 is 1.80 bits per heavy atom. The van der Waals surface area contributed by atoms with E-state index in [4.69, 9.17) is 9.73 Å². The first kappa shape index (κ1) is 25.9. The molecular formula is C31H34N2O2. The summed E-state index contributed by atoms with van der Waals surface area (Å²) in [7, 11) is 1.43. The smallest absolute Gasteiger partial charge is 0.332 e. The first-order valence-electron chi connectivity index (χ1n) is 11.9. The predicted octanol–water partition coefficient (Wildman–Crippen LogP) is 5.74. The minimum absolute atomic E-state index is 0.207. The van der Waals surface area contributed by atoms with Gasteiger partial charge in [-0.3, -0.25) is 9.89 Å². The standard InChI is InChI=1S/C31H34N2O2/c1-4-23-33(24-5-2)28(22-21-25-15-9-6-10-16-25)30(31(34)35-3)32-29(26-17-11-7-12-18-26)27-19-13-8-14-20-27/h4-20,28,30H,1-2,21-24H2,3H3/t28?,30-/m0/s1. The largest absolute Gasteiger partial charge is 0.467 e. The van der Waals surface area contributed by atoms with Crippen LogP contribution in [-0.2, 0) is 16.0 Å². The maximum Gasteiger partial charge on any atom is 0.332 e. The van der Waals surface area contributed by atoms with Gasteiger partial charge in [-0.25, -0.2) is 4.79 Å². The van der Waals surface area contributed by atoms with E-state index in [1.807, 2.05) is 91.0 Å². The molecule has 0 bridgehead atoms. The number of ether oxygens (including phenoxy) is 1. The second-order valence-electron chi connectivity index (χ2n) is 8.30. The molecule has 4 heteroatoms. The van der Waals surface area contributed by atoms with Gasteiger partial charge < -0.3 is 4.74 Å². The molecular weight excluding hydrogens is 432 g/mol. The molecule has 2 atom stereocenters. The van der Waals surface area contributed by atoms with Gasteiger partial charge in [-0.2, -0.15) is 0 Å². The third-order valence-electron chi connectivity index (χ3n) is 5.94. The molecule has 0 aliphatic carbocycles. The molecule has 1 unspecified atom stereocenters. The molecule has 0 aromatic heterocycles. The van der Waals surface area contributed by atoms with Crippen molar-refractivity contribution in [1.82, 2.24) is 4.90 Å². The maximum absolute atomic E-state index is 13.3. The van der Waals surface area contributed by atoms with Crippen LogP contribution in [0.5, 0.6) is 0 Å². The zero-order valence-corrected chi connectivity index (χ0v) is 20.4. The van der Waals surface area contributed by atoms with Crippen molar-refractivity contribution >= 4 is 11.7 Å². The molecule has 0 aliphatic heterocycles. The first-order valence-corrected chi connectivity index (χ1v) is 11.9. The van der Waals surface area contributed by atoms with Crippen LogP contribution in [0.2, 0.25) is 0 Å². The lowest BCUT2D eigenvalue weighted by Gasteiger charge is -2.33. The Hall–Kier alpha value is -3.76. The van der Waals surface area contributed by atoms with Crippen LogP contribution in [0.15, 0.2) is 121 Å². The lowest BCUT2D eigenvalue weighted by molar-refractivity contribution is -0.143. The summed E-state index contributed by atoms with van der Waals surface area (Å²) in [6.07, 6.45) is 5.25. The lowest BCUT2D eigenvalue weighted by atomic mass is 9.96. The van der Waals surface area contributed by atoms with Gasteiger partial charge >= 0.3 is 5.97 Å². The maximum atomic E-state index is 13.3. The van der Waals surface area contributed by atoms with Crippen molar-refractivity contribution in [3.05, 3.63) is 133 Å². The van der Waals surface area contributed by atoms with Crippen LogP contribution >= 0.6 is 0 Å². The summed E-state index contributed by atoms with van der Waals surface area (Å²) in [5, 5.41) is 0. The summed E-state index contributed by atoms with van der Waals surface area (Å²) in [4.78, 5) is 20.6. The van der Waals surface area contributed by atoms with Crippen molar-refractivity contribution in [2.45, 2.75) is 24.9 Å². The summed E-state index contributed by atoms with van der Waals surface area (Å²) in [6.45, 7) is 9.10. The third-order valence-corrected chi connectivity index (χ3v) is 5.94. The van der Waals surface area contributed by atoms with E-state index in [1.165, 1.54) is 12.7 Å².